The molecular weight excluding hydrogens is 922 g/mol. The number of carbonyl (C=O) groups excluding carboxylic acids is 1. The van der Waals surface area contributed by atoms with Gasteiger partial charge < -0.3 is 33.7 Å². The van der Waals surface area contributed by atoms with Crippen LogP contribution in [-0.2, 0) is 36.1 Å². The van der Waals surface area contributed by atoms with Crippen LogP contribution in [0.4, 0.5) is 0 Å². The Hall–Kier alpha value is -5.00. The Kier molecular flexibility index (Phi) is 19.3. The van der Waals surface area contributed by atoms with E-state index in [-0.39, 0.29) is 65.6 Å². The molecule has 1 aromatic heterocycles. The van der Waals surface area contributed by atoms with Crippen LogP contribution in [0.25, 0.3) is 11.1 Å². The number of rotatable bonds is 18. The molecule has 6 rings (SSSR count). The van der Waals surface area contributed by atoms with Crippen LogP contribution < -0.4 is 14.9 Å². The molecule has 0 aliphatic carbocycles. The molecule has 10 heteroatoms. The number of aromatic nitrogens is 1. The predicted octanol–water partition coefficient (Wildman–Crippen LogP) is 13.5. The van der Waals surface area contributed by atoms with Gasteiger partial charge in [-0.05, 0) is 166 Å². The zero-order chi connectivity index (χ0) is 55.2. The Bertz CT molecular complexity index is 2670. The third kappa shape index (κ3) is 13.3. The number of carbonyl (C=O) groups is 1. The molecule has 1 saturated heterocycles. The summed E-state index contributed by atoms with van der Waals surface area (Å²) in [6, 6.07) is 28.4. The van der Waals surface area contributed by atoms with Crippen molar-refractivity contribution in [2.24, 2.45) is 10.8 Å². The van der Waals surface area contributed by atoms with Crippen LogP contribution in [0.15, 0.2) is 91.3 Å². The number of esters is 1. The minimum absolute atomic E-state index is 0.104. The van der Waals surface area contributed by atoms with E-state index in [4.69, 9.17) is 23.5 Å². The van der Waals surface area contributed by atoms with E-state index >= 15 is 0 Å². The Labute approximate surface area is 446 Å². The minimum atomic E-state index is -0.537. The summed E-state index contributed by atoms with van der Waals surface area (Å²) in [6.07, 6.45) is 6.59. The number of pyridine rings is 1. The van der Waals surface area contributed by atoms with Crippen LogP contribution in [-0.4, -0.2) is 72.0 Å². The molecule has 2 atom stereocenters. The first-order chi connectivity index (χ1) is 34.5. The van der Waals surface area contributed by atoms with E-state index in [9.17, 15) is 15.0 Å². The Morgan fingerprint density at radius 2 is 1.00 bits per heavy atom. The Balaban J connectivity index is 0.000000274. The van der Waals surface area contributed by atoms with Gasteiger partial charge in [0, 0.05) is 28.8 Å². The highest BCUT2D eigenvalue weighted by atomic mass is 16.7. The largest absolute Gasteiger partial charge is 0.495 e. The molecule has 1 aliphatic heterocycles. The first kappa shape index (κ1) is 59.9. The van der Waals surface area contributed by atoms with E-state index in [1.165, 1.54) is 40.5 Å². The van der Waals surface area contributed by atoms with Crippen molar-refractivity contribution >= 4 is 18.6 Å². The van der Waals surface area contributed by atoms with Gasteiger partial charge in [-0.25, -0.2) is 0 Å². The molecule has 74 heavy (non-hydrogen) atoms. The standard InChI is InChI=1S/C33H43NO4.C31H47BO4/c1-9-33(10-2,27-12-14-29(23(4)16-27)38-21-30(35)32(5,6)7)26-11-13-28(22(3)15-26)25-17-24(19-34-20-25)18-31(36)37-8;1-12-31(13-2,24-15-17-26(22(4)19-24)34-20-27(33)28(5,6)7)23-14-16-25(21(3)18-23)32-35-29(8,9)30(10,11)36-32/h11-17,19-20,30,35H,9-10,18,21H2,1-8H3;14-19,27,33H,12-13,20H2,1-11H3. The fourth-order valence-corrected chi connectivity index (χ4v) is 9.99. The van der Waals surface area contributed by atoms with Crippen molar-refractivity contribution in [1.29, 1.82) is 0 Å². The lowest BCUT2D eigenvalue weighted by Crippen LogP contribution is -2.41. The van der Waals surface area contributed by atoms with E-state index in [2.05, 4.69) is 155 Å². The van der Waals surface area contributed by atoms with Crippen molar-refractivity contribution in [3.8, 4) is 22.6 Å². The number of ether oxygens (including phenoxy) is 3. The van der Waals surface area contributed by atoms with E-state index < -0.39 is 12.2 Å². The smallest absolute Gasteiger partial charge is 0.491 e. The van der Waals surface area contributed by atoms with Crippen molar-refractivity contribution in [2.75, 3.05) is 20.3 Å². The average molecular weight is 1010 g/mol. The third-order valence-corrected chi connectivity index (χ3v) is 16.5. The van der Waals surface area contributed by atoms with E-state index in [0.717, 1.165) is 70.5 Å². The normalized spacial score (nSPS) is 15.5. The number of hydrogen-bond donors (Lipinski definition) is 2. The number of aryl methyl sites for hydroxylation is 4. The maximum Gasteiger partial charge on any atom is 0.495 e. The van der Waals surface area contributed by atoms with Crippen molar-refractivity contribution in [3.05, 3.63) is 141 Å². The van der Waals surface area contributed by atoms with Gasteiger partial charge in [-0.15, -0.1) is 0 Å². The molecule has 1 fully saturated rings. The molecule has 4 aromatic carbocycles. The molecule has 402 valence electrons. The predicted molar refractivity (Wildman–Crippen MR) is 304 cm³/mol. The van der Waals surface area contributed by atoms with Gasteiger partial charge in [0.15, 0.2) is 0 Å². The van der Waals surface area contributed by atoms with Crippen LogP contribution in [0.5, 0.6) is 11.5 Å². The SMILES string of the molecule is CCC(CC)(c1ccc(OCC(O)C(C)(C)C)c(C)c1)c1ccc(-c2cncc(CC(=O)OC)c2)c(C)c1.CCC(CC)(c1ccc(OCC(O)C(C)(C)C)c(C)c1)c1ccc(B2OC(C)(C)C(C)(C)O2)c(C)c1. The molecule has 5 aromatic rings. The number of nitrogens with zero attached hydrogens (tertiary/aromatic N) is 1. The zero-order valence-electron chi connectivity index (χ0n) is 48.6. The van der Waals surface area contributed by atoms with E-state index in [0.29, 0.717) is 0 Å². The van der Waals surface area contributed by atoms with Gasteiger partial charge >= 0.3 is 13.1 Å². The molecule has 0 saturated carbocycles. The zero-order valence-corrected chi connectivity index (χ0v) is 48.6. The molecule has 2 N–H and O–H groups in total. The molecule has 0 radical (unpaired) electrons. The summed E-state index contributed by atoms with van der Waals surface area (Å²) in [7, 11) is 1.04. The highest BCUT2D eigenvalue weighted by Gasteiger charge is 2.52. The highest BCUT2D eigenvalue weighted by molar-refractivity contribution is 6.62. The average Bonchev–Trinajstić information content (AvgIpc) is 3.56. The van der Waals surface area contributed by atoms with E-state index in [1.807, 2.05) is 59.9 Å². The maximum atomic E-state index is 11.7. The van der Waals surface area contributed by atoms with Crippen molar-refractivity contribution in [2.45, 2.75) is 191 Å². The minimum Gasteiger partial charge on any atom is -0.491 e. The van der Waals surface area contributed by atoms with Crippen molar-refractivity contribution in [1.82, 2.24) is 4.98 Å². The van der Waals surface area contributed by atoms with Gasteiger partial charge in [-0.2, -0.15) is 0 Å². The Morgan fingerprint density at radius 3 is 1.38 bits per heavy atom. The van der Waals surface area contributed by atoms with E-state index in [1.54, 1.807) is 6.20 Å². The summed E-state index contributed by atoms with van der Waals surface area (Å²) in [5, 5.41) is 20.8. The monoisotopic (exact) mass is 1010 g/mol. The van der Waals surface area contributed by atoms with Gasteiger partial charge in [-0.1, -0.05) is 135 Å². The number of aliphatic hydroxyl groups excluding tert-OH is 2. The summed E-state index contributed by atoms with van der Waals surface area (Å²) >= 11 is 0. The van der Waals surface area contributed by atoms with Crippen LogP contribution in [0.2, 0.25) is 0 Å². The molecule has 2 unspecified atom stereocenters. The molecule has 0 amide bonds. The summed E-state index contributed by atoms with van der Waals surface area (Å²) in [6.45, 7) is 38.5. The first-order valence-corrected chi connectivity index (χ1v) is 27.0. The second-order valence-electron chi connectivity index (χ2n) is 23.9. The molecule has 9 nitrogen and oxygen atoms in total. The fourth-order valence-electron chi connectivity index (χ4n) is 9.99. The van der Waals surface area contributed by atoms with Crippen molar-refractivity contribution in [3.63, 3.8) is 0 Å². The summed E-state index contributed by atoms with van der Waals surface area (Å²) in [5.74, 6) is 1.36. The van der Waals surface area contributed by atoms with Gasteiger partial charge in [0.2, 0.25) is 0 Å². The molecule has 1 aliphatic rings. The topological polar surface area (TPSA) is 117 Å². The van der Waals surface area contributed by atoms with Crippen LogP contribution in [0.1, 0.15) is 173 Å². The second kappa shape index (κ2) is 23.9. The van der Waals surface area contributed by atoms with Crippen molar-refractivity contribution < 1.29 is 38.5 Å². The van der Waals surface area contributed by atoms with Gasteiger partial charge in [0.25, 0.3) is 0 Å². The summed E-state index contributed by atoms with van der Waals surface area (Å²) in [5.41, 5.74) is 12.3. The number of aliphatic hydroxyl groups is 2. The van der Waals surface area contributed by atoms with Crippen LogP contribution in [0.3, 0.4) is 0 Å². The maximum absolute atomic E-state index is 11.7. The number of hydrogen-bond acceptors (Lipinski definition) is 9. The molecule has 0 spiro atoms. The quantitative estimate of drug-likeness (QED) is 0.0654. The third-order valence-electron chi connectivity index (χ3n) is 16.5. The summed E-state index contributed by atoms with van der Waals surface area (Å²) < 4.78 is 29.5. The van der Waals surface area contributed by atoms with Crippen LogP contribution in [0, 0.1) is 38.5 Å². The molecular formula is C64H90BNO8. The molecule has 2 heterocycles. The summed E-state index contributed by atoms with van der Waals surface area (Å²) in [4.78, 5) is 16.1. The van der Waals surface area contributed by atoms with Gasteiger partial charge in [-0.3, -0.25) is 9.78 Å². The highest BCUT2D eigenvalue weighted by Crippen LogP contribution is 2.44. The fraction of sp³-hybridized carbons (Fsp3) is 0.531. The second-order valence-corrected chi connectivity index (χ2v) is 23.9. The molecule has 0 bridgehead atoms. The lowest BCUT2D eigenvalue weighted by Gasteiger charge is -2.34. The van der Waals surface area contributed by atoms with Crippen LogP contribution >= 0.6 is 0 Å². The Morgan fingerprint density at radius 1 is 0.595 bits per heavy atom. The lowest BCUT2D eigenvalue weighted by atomic mass is 9.68. The first-order valence-electron chi connectivity index (χ1n) is 27.0. The lowest BCUT2D eigenvalue weighted by molar-refractivity contribution is -0.139. The van der Waals surface area contributed by atoms with Gasteiger partial charge in [0.05, 0.1) is 36.9 Å². The number of benzene rings is 4. The van der Waals surface area contributed by atoms with Gasteiger partial charge in [0.1, 0.15) is 24.7 Å². The number of methoxy groups -OCH3 is 1.